The highest BCUT2D eigenvalue weighted by molar-refractivity contribution is 4.76. The van der Waals surface area contributed by atoms with Gasteiger partial charge in [0.2, 0.25) is 0 Å². The van der Waals surface area contributed by atoms with Crippen LogP contribution in [0, 0.1) is 0 Å². The summed E-state index contributed by atoms with van der Waals surface area (Å²) in [4.78, 5) is 2.23. The molecule has 0 spiro atoms. The van der Waals surface area contributed by atoms with Gasteiger partial charge in [-0.1, -0.05) is 0 Å². The van der Waals surface area contributed by atoms with E-state index in [0.717, 1.165) is 26.1 Å². The van der Waals surface area contributed by atoms with Gasteiger partial charge in [-0.15, -0.1) is 0 Å². The molecular formula is C8H17NO2. The molecule has 2 unspecified atom stereocenters. The van der Waals surface area contributed by atoms with E-state index in [9.17, 15) is 0 Å². The molecule has 1 aliphatic rings. The first kappa shape index (κ1) is 8.97. The Morgan fingerprint density at radius 2 is 2.45 bits per heavy atom. The summed E-state index contributed by atoms with van der Waals surface area (Å²) in [6.45, 7) is 4.63. The maximum absolute atomic E-state index is 9.09. The lowest BCUT2D eigenvalue weighted by Crippen LogP contribution is -2.29. The van der Waals surface area contributed by atoms with Gasteiger partial charge in [-0.2, -0.15) is 0 Å². The minimum Gasteiger partial charge on any atom is -0.392 e. The van der Waals surface area contributed by atoms with Crippen LogP contribution in [0.1, 0.15) is 13.3 Å². The Hall–Kier alpha value is -0.120. The molecule has 1 N–H and O–H groups in total. The zero-order chi connectivity index (χ0) is 8.27. The van der Waals surface area contributed by atoms with E-state index in [0.29, 0.717) is 6.10 Å². The lowest BCUT2D eigenvalue weighted by Gasteiger charge is -2.16. The van der Waals surface area contributed by atoms with E-state index in [4.69, 9.17) is 9.84 Å². The molecule has 0 aromatic heterocycles. The van der Waals surface area contributed by atoms with Gasteiger partial charge in [0.1, 0.15) is 0 Å². The van der Waals surface area contributed by atoms with E-state index < -0.39 is 0 Å². The molecule has 0 aliphatic carbocycles. The van der Waals surface area contributed by atoms with E-state index in [1.54, 1.807) is 7.11 Å². The van der Waals surface area contributed by atoms with Crippen LogP contribution >= 0.6 is 0 Å². The molecule has 0 aromatic carbocycles. The van der Waals surface area contributed by atoms with Gasteiger partial charge in [0, 0.05) is 26.7 Å². The Labute approximate surface area is 68.0 Å². The van der Waals surface area contributed by atoms with Crippen molar-refractivity contribution >= 4 is 0 Å². The second-order valence-corrected chi connectivity index (χ2v) is 3.25. The summed E-state index contributed by atoms with van der Waals surface area (Å²) in [5.74, 6) is 0. The highest BCUT2D eigenvalue weighted by Gasteiger charge is 2.22. The fraction of sp³-hybridized carbons (Fsp3) is 1.00. The van der Waals surface area contributed by atoms with E-state index in [1.165, 1.54) is 0 Å². The minimum atomic E-state index is -0.217. The number of ether oxygens (including phenoxy) is 1. The molecule has 0 radical (unpaired) electrons. The van der Waals surface area contributed by atoms with Crippen molar-refractivity contribution < 1.29 is 9.84 Å². The first-order valence-electron chi connectivity index (χ1n) is 4.15. The maximum atomic E-state index is 9.09. The first-order valence-corrected chi connectivity index (χ1v) is 4.15. The smallest absolute Gasteiger partial charge is 0.0710 e. The Morgan fingerprint density at radius 3 is 2.91 bits per heavy atom. The SMILES string of the molecule is COC1CCN(CC(C)O)C1. The van der Waals surface area contributed by atoms with Crippen LogP contribution in [0.15, 0.2) is 0 Å². The summed E-state index contributed by atoms with van der Waals surface area (Å²) in [5.41, 5.74) is 0. The van der Waals surface area contributed by atoms with Gasteiger partial charge in [0.15, 0.2) is 0 Å². The van der Waals surface area contributed by atoms with Gasteiger partial charge < -0.3 is 9.84 Å². The normalized spacial score (nSPS) is 29.2. The van der Waals surface area contributed by atoms with Crippen LogP contribution in [0.3, 0.4) is 0 Å². The second kappa shape index (κ2) is 4.04. The standard InChI is InChI=1S/C8H17NO2/c1-7(10)5-9-4-3-8(6-9)11-2/h7-8,10H,3-6H2,1-2H3. The number of hydrogen-bond acceptors (Lipinski definition) is 3. The number of β-amino-alcohol motifs (C(OH)–C–C–N with tert-alkyl or cyclic N) is 1. The maximum Gasteiger partial charge on any atom is 0.0710 e. The molecule has 2 atom stereocenters. The van der Waals surface area contributed by atoms with Crippen LogP contribution in [0.2, 0.25) is 0 Å². The van der Waals surface area contributed by atoms with Crippen LogP contribution in [0.25, 0.3) is 0 Å². The van der Waals surface area contributed by atoms with Gasteiger partial charge in [-0.3, -0.25) is 4.90 Å². The number of nitrogens with zero attached hydrogens (tertiary/aromatic N) is 1. The molecule has 66 valence electrons. The van der Waals surface area contributed by atoms with Crippen molar-refractivity contribution in [1.82, 2.24) is 4.90 Å². The van der Waals surface area contributed by atoms with Crippen molar-refractivity contribution in [3.05, 3.63) is 0 Å². The molecule has 0 bridgehead atoms. The van der Waals surface area contributed by atoms with Crippen LogP contribution in [-0.2, 0) is 4.74 Å². The lowest BCUT2D eigenvalue weighted by molar-refractivity contribution is 0.0945. The largest absolute Gasteiger partial charge is 0.392 e. The fourth-order valence-electron chi connectivity index (χ4n) is 1.53. The van der Waals surface area contributed by atoms with Gasteiger partial charge in [0.05, 0.1) is 12.2 Å². The monoisotopic (exact) mass is 159 g/mol. The Morgan fingerprint density at radius 1 is 1.73 bits per heavy atom. The van der Waals surface area contributed by atoms with Gasteiger partial charge in [-0.25, -0.2) is 0 Å². The van der Waals surface area contributed by atoms with Crippen molar-refractivity contribution in [3.63, 3.8) is 0 Å². The van der Waals surface area contributed by atoms with Crippen LogP contribution in [0.4, 0.5) is 0 Å². The van der Waals surface area contributed by atoms with Crippen molar-refractivity contribution in [3.8, 4) is 0 Å². The zero-order valence-electron chi connectivity index (χ0n) is 7.29. The lowest BCUT2D eigenvalue weighted by atomic mass is 10.3. The molecular weight excluding hydrogens is 142 g/mol. The molecule has 1 rings (SSSR count). The molecule has 1 aliphatic heterocycles. The quantitative estimate of drug-likeness (QED) is 0.633. The molecule has 3 heteroatoms. The number of likely N-dealkylation sites (tertiary alicyclic amines) is 1. The number of rotatable bonds is 3. The van der Waals surface area contributed by atoms with E-state index in [2.05, 4.69) is 4.90 Å². The highest BCUT2D eigenvalue weighted by Crippen LogP contribution is 2.11. The summed E-state index contributed by atoms with van der Waals surface area (Å²) >= 11 is 0. The molecule has 3 nitrogen and oxygen atoms in total. The zero-order valence-corrected chi connectivity index (χ0v) is 7.29. The van der Waals surface area contributed by atoms with Gasteiger partial charge >= 0.3 is 0 Å². The summed E-state index contributed by atoms with van der Waals surface area (Å²) in [5, 5.41) is 9.09. The Bertz CT molecular complexity index is 117. The van der Waals surface area contributed by atoms with Crippen LogP contribution < -0.4 is 0 Å². The Kier molecular flexibility index (Phi) is 3.30. The predicted octanol–water partition coefficient (Wildman–Crippen LogP) is 0.0879. The van der Waals surface area contributed by atoms with Crippen molar-refractivity contribution in [2.45, 2.75) is 25.6 Å². The molecule has 0 aromatic rings. The summed E-state index contributed by atoms with van der Waals surface area (Å²) < 4.78 is 5.20. The van der Waals surface area contributed by atoms with Crippen molar-refractivity contribution in [2.75, 3.05) is 26.7 Å². The van der Waals surface area contributed by atoms with E-state index >= 15 is 0 Å². The third kappa shape index (κ3) is 2.77. The third-order valence-electron chi connectivity index (χ3n) is 2.08. The number of aliphatic hydroxyl groups excluding tert-OH is 1. The summed E-state index contributed by atoms with van der Waals surface area (Å²) in [6.07, 6.45) is 1.27. The number of methoxy groups -OCH3 is 1. The molecule has 1 heterocycles. The third-order valence-corrected chi connectivity index (χ3v) is 2.08. The van der Waals surface area contributed by atoms with Crippen molar-refractivity contribution in [1.29, 1.82) is 0 Å². The van der Waals surface area contributed by atoms with Gasteiger partial charge in [0.25, 0.3) is 0 Å². The fourth-order valence-corrected chi connectivity index (χ4v) is 1.53. The average Bonchev–Trinajstić information content (AvgIpc) is 2.34. The predicted molar refractivity (Wildman–Crippen MR) is 43.5 cm³/mol. The molecule has 1 fully saturated rings. The topological polar surface area (TPSA) is 32.7 Å². The van der Waals surface area contributed by atoms with E-state index in [1.807, 2.05) is 6.92 Å². The molecule has 0 amide bonds. The minimum absolute atomic E-state index is 0.217. The first-order chi connectivity index (χ1) is 5.22. The van der Waals surface area contributed by atoms with Crippen LogP contribution in [-0.4, -0.2) is 49.0 Å². The van der Waals surface area contributed by atoms with Crippen molar-refractivity contribution in [2.24, 2.45) is 0 Å². The number of aliphatic hydroxyl groups is 1. The Balaban J connectivity index is 2.19. The molecule has 11 heavy (non-hydrogen) atoms. The van der Waals surface area contributed by atoms with Gasteiger partial charge in [-0.05, 0) is 13.3 Å². The van der Waals surface area contributed by atoms with Crippen LogP contribution in [0.5, 0.6) is 0 Å². The molecule has 0 saturated carbocycles. The average molecular weight is 159 g/mol. The molecule has 1 saturated heterocycles. The number of hydrogen-bond donors (Lipinski definition) is 1. The summed E-state index contributed by atoms with van der Waals surface area (Å²) in [6, 6.07) is 0. The van der Waals surface area contributed by atoms with E-state index in [-0.39, 0.29) is 6.10 Å². The second-order valence-electron chi connectivity index (χ2n) is 3.25. The highest BCUT2D eigenvalue weighted by atomic mass is 16.5. The summed E-state index contributed by atoms with van der Waals surface area (Å²) in [7, 11) is 1.75.